The highest BCUT2D eigenvalue weighted by Gasteiger charge is 2.30. The van der Waals surface area contributed by atoms with E-state index in [9.17, 15) is 9.59 Å². The van der Waals surface area contributed by atoms with Crippen LogP contribution in [-0.4, -0.2) is 49.2 Å². The molecule has 1 aromatic carbocycles. The van der Waals surface area contributed by atoms with Crippen molar-refractivity contribution in [1.29, 1.82) is 0 Å². The molecule has 2 aromatic rings. The van der Waals surface area contributed by atoms with Gasteiger partial charge in [-0.3, -0.25) is 4.79 Å². The van der Waals surface area contributed by atoms with Crippen LogP contribution in [0.3, 0.4) is 0 Å². The Kier molecular flexibility index (Phi) is 4.92. The van der Waals surface area contributed by atoms with Crippen molar-refractivity contribution in [1.82, 2.24) is 4.90 Å². The molecule has 0 aliphatic carbocycles. The van der Waals surface area contributed by atoms with E-state index in [2.05, 4.69) is 0 Å². The second kappa shape index (κ2) is 6.98. The lowest BCUT2D eigenvalue weighted by atomic mass is 10.0. The molecule has 2 heterocycles. The number of thiophene rings is 1. The van der Waals surface area contributed by atoms with Gasteiger partial charge in [-0.15, -0.1) is 11.3 Å². The average Bonchev–Trinajstić information content (AvgIpc) is 3.09. The molecule has 0 radical (unpaired) electrons. The first-order chi connectivity index (χ1) is 11.9. The van der Waals surface area contributed by atoms with E-state index >= 15 is 0 Å². The highest BCUT2D eigenvalue weighted by Crippen LogP contribution is 2.29. The number of hydrogen-bond donors (Lipinski definition) is 0. The molecule has 0 N–H and O–H groups in total. The maximum atomic E-state index is 12.7. The van der Waals surface area contributed by atoms with Crippen LogP contribution in [0.25, 0.3) is 11.1 Å². The van der Waals surface area contributed by atoms with Crippen LogP contribution in [0.15, 0.2) is 35.7 Å². The number of benzene rings is 1. The Bertz CT molecular complexity index is 779. The minimum Gasteiger partial charge on any atom is -0.465 e. The van der Waals surface area contributed by atoms with Crippen LogP contribution >= 0.6 is 11.3 Å². The van der Waals surface area contributed by atoms with Crippen molar-refractivity contribution in [2.75, 3.05) is 26.8 Å². The van der Waals surface area contributed by atoms with Gasteiger partial charge in [0.15, 0.2) is 0 Å². The Hall–Kier alpha value is -2.18. The lowest BCUT2D eigenvalue weighted by molar-refractivity contribution is -0.0764. The van der Waals surface area contributed by atoms with Gasteiger partial charge in [0.2, 0.25) is 0 Å². The highest BCUT2D eigenvalue weighted by atomic mass is 32.1. The number of amides is 1. The molecule has 5 nitrogen and oxygen atoms in total. The molecular weight excluding hydrogens is 338 g/mol. The molecule has 1 fully saturated rings. The van der Waals surface area contributed by atoms with Gasteiger partial charge in [-0.1, -0.05) is 12.1 Å². The first kappa shape index (κ1) is 17.6. The van der Waals surface area contributed by atoms with E-state index in [-0.39, 0.29) is 17.5 Å². The second-order valence-corrected chi connectivity index (χ2v) is 7.48. The standard InChI is InChI=1S/C19H21NO4S/c1-19(2)12-20(9-10-24-19)17(21)14-6-4-13(5-7-14)15-8-11-25-16(15)18(22)23-3/h4-8,11H,9-10,12H2,1-3H3. The topological polar surface area (TPSA) is 55.8 Å². The minimum absolute atomic E-state index is 0.00133. The first-order valence-electron chi connectivity index (χ1n) is 8.11. The van der Waals surface area contributed by atoms with Crippen LogP contribution in [0, 0.1) is 0 Å². The monoisotopic (exact) mass is 359 g/mol. The Balaban J connectivity index is 1.80. The molecule has 6 heteroatoms. The zero-order valence-corrected chi connectivity index (χ0v) is 15.4. The van der Waals surface area contributed by atoms with E-state index in [0.717, 1.165) is 11.1 Å². The molecule has 0 saturated carbocycles. The van der Waals surface area contributed by atoms with Gasteiger partial charge in [0.25, 0.3) is 5.91 Å². The summed E-state index contributed by atoms with van der Waals surface area (Å²) in [6, 6.07) is 9.23. The molecule has 132 valence electrons. The zero-order valence-electron chi connectivity index (χ0n) is 14.6. The molecule has 1 aromatic heterocycles. The number of nitrogens with zero attached hydrogens (tertiary/aromatic N) is 1. The number of carbonyl (C=O) groups is 2. The van der Waals surface area contributed by atoms with Crippen molar-refractivity contribution in [2.24, 2.45) is 0 Å². The van der Waals surface area contributed by atoms with Crippen molar-refractivity contribution in [3.8, 4) is 11.1 Å². The second-order valence-electron chi connectivity index (χ2n) is 6.57. The smallest absolute Gasteiger partial charge is 0.348 e. The minimum atomic E-state index is -0.347. The summed E-state index contributed by atoms with van der Waals surface area (Å²) in [7, 11) is 1.37. The fourth-order valence-corrected chi connectivity index (χ4v) is 3.78. The molecule has 0 bridgehead atoms. The van der Waals surface area contributed by atoms with Crippen LogP contribution in [0.2, 0.25) is 0 Å². The number of carbonyl (C=O) groups excluding carboxylic acids is 2. The fourth-order valence-electron chi connectivity index (χ4n) is 2.95. The average molecular weight is 359 g/mol. The van der Waals surface area contributed by atoms with E-state index in [1.54, 1.807) is 12.1 Å². The van der Waals surface area contributed by atoms with Crippen LogP contribution in [0.1, 0.15) is 33.9 Å². The van der Waals surface area contributed by atoms with Gasteiger partial charge in [0.1, 0.15) is 4.88 Å². The molecule has 3 rings (SSSR count). The van der Waals surface area contributed by atoms with E-state index < -0.39 is 0 Å². The maximum absolute atomic E-state index is 12.7. The SMILES string of the molecule is COC(=O)c1sccc1-c1ccc(C(=O)N2CCOC(C)(C)C2)cc1. The van der Waals surface area contributed by atoms with Gasteiger partial charge in [0, 0.05) is 24.2 Å². The Morgan fingerprint density at radius 2 is 1.92 bits per heavy atom. The summed E-state index contributed by atoms with van der Waals surface area (Å²) in [6.45, 7) is 5.70. The Morgan fingerprint density at radius 1 is 1.20 bits per heavy atom. The number of morpholine rings is 1. The summed E-state index contributed by atoms with van der Waals surface area (Å²) in [4.78, 5) is 26.9. The van der Waals surface area contributed by atoms with E-state index in [1.807, 2.05) is 42.3 Å². The number of hydrogen-bond acceptors (Lipinski definition) is 5. The van der Waals surface area contributed by atoms with Gasteiger partial charge in [-0.25, -0.2) is 4.79 Å². The largest absolute Gasteiger partial charge is 0.465 e. The summed E-state index contributed by atoms with van der Waals surface area (Å²) in [5.74, 6) is -0.345. The molecule has 0 unspecified atom stereocenters. The third-order valence-corrected chi connectivity index (χ3v) is 5.09. The molecule has 1 aliphatic rings. The molecule has 1 amide bonds. The van der Waals surface area contributed by atoms with E-state index in [1.165, 1.54) is 18.4 Å². The number of ether oxygens (including phenoxy) is 2. The van der Waals surface area contributed by atoms with Gasteiger partial charge < -0.3 is 14.4 Å². The summed E-state index contributed by atoms with van der Waals surface area (Å²) >= 11 is 1.35. The third kappa shape index (κ3) is 3.75. The van der Waals surface area contributed by atoms with Crippen molar-refractivity contribution < 1.29 is 19.1 Å². The summed E-state index contributed by atoms with van der Waals surface area (Å²) in [5, 5.41) is 1.86. The van der Waals surface area contributed by atoms with Crippen LogP contribution < -0.4 is 0 Å². The molecule has 25 heavy (non-hydrogen) atoms. The van der Waals surface area contributed by atoms with Crippen molar-refractivity contribution in [3.63, 3.8) is 0 Å². The third-order valence-electron chi connectivity index (χ3n) is 4.19. The first-order valence-corrected chi connectivity index (χ1v) is 8.99. The Morgan fingerprint density at radius 3 is 2.56 bits per heavy atom. The van der Waals surface area contributed by atoms with Gasteiger partial charge >= 0.3 is 5.97 Å². The van der Waals surface area contributed by atoms with Crippen LogP contribution in [0.5, 0.6) is 0 Å². The summed E-state index contributed by atoms with van der Waals surface area (Å²) < 4.78 is 10.5. The van der Waals surface area contributed by atoms with Crippen molar-refractivity contribution in [2.45, 2.75) is 19.4 Å². The van der Waals surface area contributed by atoms with Gasteiger partial charge in [-0.05, 0) is 43.0 Å². The number of rotatable bonds is 3. The zero-order chi connectivity index (χ0) is 18.0. The van der Waals surface area contributed by atoms with Gasteiger partial charge in [0.05, 0.1) is 19.3 Å². The quantitative estimate of drug-likeness (QED) is 0.788. The predicted molar refractivity (Wildman–Crippen MR) is 97.0 cm³/mol. The van der Waals surface area contributed by atoms with Gasteiger partial charge in [-0.2, -0.15) is 0 Å². The summed E-state index contributed by atoms with van der Waals surface area (Å²) in [6.07, 6.45) is 0. The normalized spacial score (nSPS) is 16.5. The lowest BCUT2D eigenvalue weighted by Crippen LogP contribution is -2.50. The highest BCUT2D eigenvalue weighted by molar-refractivity contribution is 7.12. The van der Waals surface area contributed by atoms with Crippen LogP contribution in [0.4, 0.5) is 0 Å². The van der Waals surface area contributed by atoms with E-state index in [0.29, 0.717) is 30.1 Å². The molecule has 1 saturated heterocycles. The molecular formula is C19H21NO4S. The molecule has 0 spiro atoms. The van der Waals surface area contributed by atoms with Crippen LogP contribution in [-0.2, 0) is 9.47 Å². The Labute approximate surface area is 151 Å². The van der Waals surface area contributed by atoms with Crippen molar-refractivity contribution in [3.05, 3.63) is 46.2 Å². The number of esters is 1. The lowest BCUT2D eigenvalue weighted by Gasteiger charge is -2.38. The maximum Gasteiger partial charge on any atom is 0.348 e. The van der Waals surface area contributed by atoms with Crippen molar-refractivity contribution >= 4 is 23.2 Å². The summed E-state index contributed by atoms with van der Waals surface area (Å²) in [5.41, 5.74) is 2.03. The fraction of sp³-hybridized carbons (Fsp3) is 0.368. The van der Waals surface area contributed by atoms with E-state index in [4.69, 9.17) is 9.47 Å². The molecule has 0 atom stereocenters. The number of methoxy groups -OCH3 is 1. The molecule has 1 aliphatic heterocycles. The predicted octanol–water partition coefficient (Wildman–Crippen LogP) is 3.45.